The second-order valence-corrected chi connectivity index (χ2v) is 2.66. The molecule has 0 aliphatic heterocycles. The molecule has 1 N–H and O–H groups in total. The molecule has 0 atom stereocenters. The monoisotopic (exact) mass is 199 g/mol. The van der Waals surface area contributed by atoms with Gasteiger partial charge in [0.2, 0.25) is 0 Å². The summed E-state index contributed by atoms with van der Waals surface area (Å²) in [6.07, 6.45) is 2.20. The van der Waals surface area contributed by atoms with Crippen LogP contribution in [0.2, 0.25) is 5.02 Å². The largest absolute Gasteiger partial charge is 0.478 e. The van der Waals surface area contributed by atoms with Gasteiger partial charge in [-0.05, 0) is 23.8 Å². The van der Waals surface area contributed by atoms with E-state index in [4.69, 9.17) is 16.7 Å². The second-order valence-electron chi connectivity index (χ2n) is 2.26. The van der Waals surface area contributed by atoms with Gasteiger partial charge in [0.15, 0.2) is 0 Å². The highest BCUT2D eigenvalue weighted by molar-refractivity contribution is 6.32. The molecule has 0 aliphatic rings. The summed E-state index contributed by atoms with van der Waals surface area (Å²) >= 11 is 5.61. The Labute approximate surface area is 79.3 Å². The summed E-state index contributed by atoms with van der Waals surface area (Å²) in [5.74, 6) is -1.65. The molecule has 2 nitrogen and oxygen atoms in total. The lowest BCUT2D eigenvalue weighted by molar-refractivity contribution is -0.131. The summed E-state index contributed by atoms with van der Waals surface area (Å²) in [7, 11) is 0. The molecule has 4 heteroatoms. The van der Waals surface area contributed by atoms with Crippen molar-refractivity contribution in [2.75, 3.05) is 0 Å². The standard InChI is InChI=1S/C9H5ClFO2/c10-8-5-7(11)3-1-6(8)2-4-9(12)13/h1-2,4-5H,(H,12,13)/b4-2+. The van der Waals surface area contributed by atoms with Gasteiger partial charge in [0, 0.05) is 12.1 Å². The summed E-state index contributed by atoms with van der Waals surface area (Å²) in [6, 6.07) is 4.63. The van der Waals surface area contributed by atoms with Gasteiger partial charge in [-0.3, -0.25) is 0 Å². The smallest absolute Gasteiger partial charge is 0.328 e. The van der Waals surface area contributed by atoms with Crippen LogP contribution >= 0.6 is 11.6 Å². The molecular formula is C9H5ClFO2. The molecule has 13 heavy (non-hydrogen) atoms. The number of aliphatic carboxylic acids is 1. The van der Waals surface area contributed by atoms with Crippen LogP contribution in [0.5, 0.6) is 0 Å². The maximum Gasteiger partial charge on any atom is 0.328 e. The second kappa shape index (κ2) is 4.05. The van der Waals surface area contributed by atoms with Gasteiger partial charge in [-0.15, -0.1) is 0 Å². The maximum atomic E-state index is 12.5. The Hall–Kier alpha value is -1.35. The van der Waals surface area contributed by atoms with Crippen LogP contribution in [0.15, 0.2) is 18.2 Å². The Balaban J connectivity index is 2.96. The van der Waals surface area contributed by atoms with Crippen LogP contribution in [0.4, 0.5) is 4.39 Å². The lowest BCUT2D eigenvalue weighted by atomic mass is 10.2. The highest BCUT2D eigenvalue weighted by Crippen LogP contribution is 2.17. The first-order valence-corrected chi connectivity index (χ1v) is 3.75. The molecule has 0 aromatic heterocycles. The summed E-state index contributed by atoms with van der Waals surface area (Å²) in [6.45, 7) is 0. The third-order valence-electron chi connectivity index (χ3n) is 1.30. The van der Waals surface area contributed by atoms with Gasteiger partial charge in [-0.25, -0.2) is 9.18 Å². The van der Waals surface area contributed by atoms with Crippen LogP contribution in [0.1, 0.15) is 5.56 Å². The van der Waals surface area contributed by atoms with Crippen LogP contribution in [-0.4, -0.2) is 11.1 Å². The van der Waals surface area contributed by atoms with E-state index in [0.29, 0.717) is 5.56 Å². The van der Waals surface area contributed by atoms with Crippen LogP contribution in [0.25, 0.3) is 6.08 Å². The summed E-state index contributed by atoms with van der Waals surface area (Å²) in [5.41, 5.74) is 0.422. The highest BCUT2D eigenvalue weighted by Gasteiger charge is 1.98. The zero-order chi connectivity index (χ0) is 9.84. The van der Waals surface area contributed by atoms with Crippen LogP contribution in [0.3, 0.4) is 0 Å². The molecule has 0 saturated carbocycles. The van der Waals surface area contributed by atoms with Crippen molar-refractivity contribution in [2.45, 2.75) is 0 Å². The van der Waals surface area contributed by atoms with Gasteiger partial charge in [-0.1, -0.05) is 11.6 Å². The minimum atomic E-state index is -1.08. The van der Waals surface area contributed by atoms with Crippen molar-refractivity contribution in [1.29, 1.82) is 0 Å². The number of carbonyl (C=O) groups is 1. The molecule has 0 spiro atoms. The fourth-order valence-corrected chi connectivity index (χ4v) is 0.954. The first-order valence-electron chi connectivity index (χ1n) is 3.37. The number of carboxylic acids is 1. The van der Waals surface area contributed by atoms with Crippen molar-refractivity contribution in [3.8, 4) is 0 Å². The average molecular weight is 200 g/mol. The van der Waals surface area contributed by atoms with Gasteiger partial charge in [0.05, 0.1) is 5.02 Å². The first kappa shape index (κ1) is 9.74. The minimum Gasteiger partial charge on any atom is -0.478 e. The first-order chi connectivity index (χ1) is 6.09. The SMILES string of the molecule is O=C(O)/C=C/c1c[c]c(F)cc1Cl. The molecule has 1 rings (SSSR count). The van der Waals surface area contributed by atoms with Gasteiger partial charge in [0.1, 0.15) is 5.82 Å². The minimum absolute atomic E-state index is 0.161. The quantitative estimate of drug-likeness (QED) is 0.743. The Bertz CT molecular complexity index is 361. The third kappa shape index (κ3) is 2.87. The number of carboxylic acid groups (broad SMARTS) is 1. The number of rotatable bonds is 2. The zero-order valence-corrected chi connectivity index (χ0v) is 7.18. The van der Waals surface area contributed by atoms with Crippen molar-refractivity contribution in [2.24, 2.45) is 0 Å². The topological polar surface area (TPSA) is 37.3 Å². The van der Waals surface area contributed by atoms with E-state index < -0.39 is 11.8 Å². The van der Waals surface area contributed by atoms with Gasteiger partial charge in [0.25, 0.3) is 0 Å². The zero-order valence-electron chi connectivity index (χ0n) is 6.42. The van der Waals surface area contributed by atoms with E-state index in [1.54, 1.807) is 0 Å². The number of hydrogen-bond donors (Lipinski definition) is 1. The van der Waals surface area contributed by atoms with Crippen molar-refractivity contribution < 1.29 is 14.3 Å². The van der Waals surface area contributed by atoms with Gasteiger partial charge < -0.3 is 5.11 Å². The van der Waals surface area contributed by atoms with Crippen molar-refractivity contribution in [3.05, 3.63) is 40.7 Å². The third-order valence-corrected chi connectivity index (χ3v) is 1.63. The van der Waals surface area contributed by atoms with Gasteiger partial charge >= 0.3 is 5.97 Å². The Morgan fingerprint density at radius 2 is 2.38 bits per heavy atom. The number of hydrogen-bond acceptors (Lipinski definition) is 1. The van der Waals surface area contributed by atoms with Crippen LogP contribution in [0, 0.1) is 11.9 Å². The van der Waals surface area contributed by atoms with Crippen molar-refractivity contribution in [3.63, 3.8) is 0 Å². The van der Waals surface area contributed by atoms with E-state index in [0.717, 1.165) is 12.1 Å². The molecule has 1 aromatic rings. The molecule has 0 aliphatic carbocycles. The fraction of sp³-hybridized carbons (Fsp3) is 0. The lowest BCUT2D eigenvalue weighted by Gasteiger charge is -1.95. The number of benzene rings is 1. The molecule has 1 radical (unpaired) electrons. The number of halogens is 2. The summed E-state index contributed by atoms with van der Waals surface area (Å²) in [5, 5.41) is 8.47. The Morgan fingerprint density at radius 1 is 1.69 bits per heavy atom. The van der Waals surface area contributed by atoms with Gasteiger partial charge in [-0.2, -0.15) is 0 Å². The maximum absolute atomic E-state index is 12.5. The predicted octanol–water partition coefficient (Wildman–Crippen LogP) is 2.38. The molecule has 1 aromatic carbocycles. The summed E-state index contributed by atoms with van der Waals surface area (Å²) in [4.78, 5) is 10.1. The van der Waals surface area contributed by atoms with E-state index in [1.165, 1.54) is 12.1 Å². The van der Waals surface area contributed by atoms with Crippen molar-refractivity contribution >= 4 is 23.6 Å². The van der Waals surface area contributed by atoms with Crippen molar-refractivity contribution in [1.82, 2.24) is 0 Å². The molecule has 0 saturated heterocycles. The van der Waals surface area contributed by atoms with Crippen LogP contribution < -0.4 is 0 Å². The van der Waals surface area contributed by atoms with E-state index in [9.17, 15) is 9.18 Å². The van der Waals surface area contributed by atoms with E-state index in [2.05, 4.69) is 6.07 Å². The molecule has 0 amide bonds. The summed E-state index contributed by atoms with van der Waals surface area (Å²) < 4.78 is 12.5. The molecule has 0 bridgehead atoms. The van der Waals surface area contributed by atoms with Crippen LogP contribution in [-0.2, 0) is 4.79 Å². The molecule has 0 heterocycles. The van der Waals surface area contributed by atoms with E-state index in [1.807, 2.05) is 0 Å². The molecule has 0 unspecified atom stereocenters. The normalized spacial score (nSPS) is 10.6. The predicted molar refractivity (Wildman–Crippen MR) is 46.9 cm³/mol. The lowest BCUT2D eigenvalue weighted by Crippen LogP contribution is -1.86. The molecular weight excluding hydrogens is 195 g/mol. The molecule has 67 valence electrons. The highest BCUT2D eigenvalue weighted by atomic mass is 35.5. The average Bonchev–Trinajstić information content (AvgIpc) is 2.02. The van der Waals surface area contributed by atoms with E-state index >= 15 is 0 Å². The van der Waals surface area contributed by atoms with E-state index in [-0.39, 0.29) is 5.02 Å². The Kier molecular flexibility index (Phi) is 3.03. The Morgan fingerprint density at radius 3 is 2.92 bits per heavy atom. The molecule has 0 fully saturated rings. The fourth-order valence-electron chi connectivity index (χ4n) is 0.741.